The Labute approximate surface area is 353 Å². The molecule has 0 unspecified atom stereocenters. The molecule has 0 spiro atoms. The number of likely N-dealkylation sites (tertiary alicyclic amines) is 2. The molecule has 0 bridgehead atoms. The lowest BCUT2D eigenvalue weighted by molar-refractivity contribution is -0.135. The number of nitrogens with one attached hydrogen (secondary N) is 4. The summed E-state index contributed by atoms with van der Waals surface area (Å²) in [7, 11) is -0.919. The quantitative estimate of drug-likeness (QED) is 0.123. The molecule has 2 aliphatic rings. The lowest BCUT2D eigenvalue weighted by Crippen LogP contribution is -2.51. The van der Waals surface area contributed by atoms with E-state index >= 15 is 0 Å². The highest BCUT2D eigenvalue weighted by atomic mass is 32.2. The van der Waals surface area contributed by atoms with E-state index in [9.17, 15) is 27.6 Å². The molecule has 2 aromatic carbocycles. The number of amides is 4. The van der Waals surface area contributed by atoms with Crippen LogP contribution in [0.2, 0.25) is 0 Å². The van der Waals surface area contributed by atoms with E-state index in [2.05, 4.69) is 35.3 Å². The number of H-pyrrole nitrogens is 2. The van der Waals surface area contributed by atoms with Crippen LogP contribution in [0.4, 0.5) is 9.59 Å². The Balaban J connectivity index is 1.02. The average Bonchev–Trinajstić information content (AvgIpc) is 4.10. The van der Waals surface area contributed by atoms with Crippen molar-refractivity contribution in [1.82, 2.24) is 50.3 Å². The van der Waals surface area contributed by atoms with Crippen molar-refractivity contribution in [2.45, 2.75) is 70.1 Å². The summed E-state index contributed by atoms with van der Waals surface area (Å²) in [6, 6.07) is 11.2. The summed E-state index contributed by atoms with van der Waals surface area (Å²) in [6.45, 7) is 4.77. The van der Waals surface area contributed by atoms with E-state index in [0.29, 0.717) is 54.3 Å². The Morgan fingerprint density at radius 3 is 1.90 bits per heavy atom. The van der Waals surface area contributed by atoms with Gasteiger partial charge >= 0.3 is 12.2 Å². The van der Waals surface area contributed by atoms with Crippen LogP contribution in [0, 0.1) is 5.92 Å². The third-order valence-corrected chi connectivity index (χ3v) is 12.2. The monoisotopic (exact) mass is 854 g/mol. The van der Waals surface area contributed by atoms with E-state index < -0.39 is 40.0 Å². The number of nitrogens with zero attached hydrogens (tertiary/aromatic N) is 6. The van der Waals surface area contributed by atoms with E-state index in [1.165, 1.54) is 14.2 Å². The van der Waals surface area contributed by atoms with Crippen LogP contribution in [0.1, 0.15) is 69.7 Å². The Morgan fingerprint density at radius 2 is 1.31 bits per heavy atom. The molecule has 4 atom stereocenters. The van der Waals surface area contributed by atoms with Gasteiger partial charge in [0, 0.05) is 30.5 Å². The largest absolute Gasteiger partial charge is 0.453 e. The minimum absolute atomic E-state index is 0.0815. The van der Waals surface area contributed by atoms with E-state index in [1.807, 2.05) is 56.3 Å². The van der Waals surface area contributed by atoms with E-state index in [-0.39, 0.29) is 36.1 Å². The van der Waals surface area contributed by atoms with Crippen LogP contribution < -0.4 is 10.6 Å². The van der Waals surface area contributed by atoms with Gasteiger partial charge in [-0.15, -0.1) is 0 Å². The fourth-order valence-electron chi connectivity index (χ4n) is 7.94. The maximum Gasteiger partial charge on any atom is 0.407 e. The van der Waals surface area contributed by atoms with Crippen LogP contribution in [0.15, 0.2) is 61.1 Å². The number of sulfone groups is 1. The number of alkyl carbamates (subject to hydrolysis) is 2. The number of hydrogen-bond acceptors (Lipinski definition) is 12. The number of aromatic nitrogens is 6. The first-order valence-corrected chi connectivity index (χ1v) is 22.2. The number of fused-ring (bicyclic) bond motifs is 1. The predicted molar refractivity (Wildman–Crippen MR) is 225 cm³/mol. The number of rotatable bonds is 13. The fourth-order valence-corrected chi connectivity index (χ4v) is 8.61. The van der Waals surface area contributed by atoms with Gasteiger partial charge in [-0.2, -0.15) is 0 Å². The molecule has 0 aliphatic carbocycles. The third kappa shape index (κ3) is 9.66. The van der Waals surface area contributed by atoms with Crippen molar-refractivity contribution < 1.29 is 37.1 Å². The number of benzene rings is 2. The van der Waals surface area contributed by atoms with Crippen LogP contribution in [0.3, 0.4) is 0 Å². The van der Waals surface area contributed by atoms with Crippen LogP contribution in [-0.2, 0) is 28.9 Å². The summed E-state index contributed by atoms with van der Waals surface area (Å²) in [5, 5.41) is 5.18. The molecule has 61 heavy (non-hydrogen) atoms. The number of carbonyl (C=O) groups is 4. The molecule has 4 amide bonds. The summed E-state index contributed by atoms with van der Waals surface area (Å²) < 4.78 is 33.2. The average molecular weight is 855 g/mol. The third-order valence-electron chi connectivity index (χ3n) is 11.2. The first-order chi connectivity index (χ1) is 29.2. The first-order valence-electron chi connectivity index (χ1n) is 20.2. The number of carbonyl (C=O) groups excluding carboxylic acids is 4. The van der Waals surface area contributed by atoms with Crippen LogP contribution in [0.25, 0.3) is 44.8 Å². The van der Waals surface area contributed by atoms with Gasteiger partial charge in [0.05, 0.1) is 78.8 Å². The molecular formula is C42H50N10O8S. The standard InChI is InChI=1S/C42H50N10O8S/c1-24(2)36(50-42(56)60-4)40(54)52-18-7-9-35(52)38-44-22-32(47-38)26-12-10-25(11-13-26)31-21-43-30-20-27(14-15-28(30)46-31)33-23-45-37(48-33)34-8-6-17-51(34)39(53)29(49-41(55)59-3)16-19-61(5,57)58/h10-15,20-24,29,34-36H,6-9,16-19H2,1-5H3,(H,44,47)(H,45,48)(H,49,55)(H,50,56)/t29-,34-,35-,36-/m0/s1. The molecule has 0 radical (unpaired) electrons. The van der Waals surface area contributed by atoms with E-state index in [4.69, 9.17) is 14.7 Å². The molecule has 4 N–H and O–H groups in total. The lowest BCUT2D eigenvalue weighted by atomic mass is 10.0. The normalized spacial score (nSPS) is 17.7. The zero-order valence-electron chi connectivity index (χ0n) is 34.7. The molecule has 2 aliphatic heterocycles. The second kappa shape index (κ2) is 18.1. The predicted octanol–water partition coefficient (Wildman–Crippen LogP) is 4.94. The molecule has 3 aromatic heterocycles. The molecule has 2 saturated heterocycles. The fraction of sp³-hybridized carbons (Fsp3) is 0.429. The zero-order valence-corrected chi connectivity index (χ0v) is 35.5. The highest BCUT2D eigenvalue weighted by Crippen LogP contribution is 2.35. The maximum atomic E-state index is 13.6. The smallest absolute Gasteiger partial charge is 0.407 e. The van der Waals surface area contributed by atoms with Crippen LogP contribution in [0.5, 0.6) is 0 Å². The maximum absolute atomic E-state index is 13.6. The van der Waals surface area contributed by atoms with Crippen molar-refractivity contribution in [2.75, 3.05) is 39.3 Å². The highest BCUT2D eigenvalue weighted by molar-refractivity contribution is 7.90. The topological polar surface area (TPSA) is 235 Å². The summed E-state index contributed by atoms with van der Waals surface area (Å²) in [6.07, 6.45) is 7.68. The minimum Gasteiger partial charge on any atom is -0.453 e. The Morgan fingerprint density at radius 1 is 0.754 bits per heavy atom. The SMILES string of the molecule is COC(=O)N[C@@H](CCS(C)(=O)=O)C(=O)N1CCC[C@H]1c1ncc(-c2ccc3nc(-c4ccc(-c5cnc([C@@H]6CCCN6C(=O)[C@@H](NC(=O)OC)C(C)C)[nH]5)cc4)cnc3c2)[nH]1. The summed E-state index contributed by atoms with van der Waals surface area (Å²) >= 11 is 0. The molecule has 2 fully saturated rings. The summed E-state index contributed by atoms with van der Waals surface area (Å²) in [4.78, 5) is 80.3. The highest BCUT2D eigenvalue weighted by Gasteiger charge is 2.38. The molecule has 0 saturated carbocycles. The Bertz CT molecular complexity index is 2520. The van der Waals surface area contributed by atoms with Gasteiger partial charge in [0.25, 0.3) is 0 Å². The van der Waals surface area contributed by atoms with Crippen molar-refractivity contribution in [3.05, 3.63) is 72.7 Å². The number of aromatic amines is 2. The molecule has 322 valence electrons. The molecule has 19 heteroatoms. The number of imidazole rings is 2. The Hall–Kier alpha value is -6.37. The number of ether oxygens (including phenoxy) is 2. The molecule has 5 heterocycles. The number of methoxy groups -OCH3 is 2. The summed E-state index contributed by atoms with van der Waals surface area (Å²) in [5.74, 6) is 0.314. The number of hydrogen-bond donors (Lipinski definition) is 4. The van der Waals surface area contributed by atoms with Gasteiger partial charge < -0.3 is 39.9 Å². The van der Waals surface area contributed by atoms with Crippen LogP contribution >= 0.6 is 0 Å². The zero-order chi connectivity index (χ0) is 43.4. The molecule has 5 aromatic rings. The van der Waals surface area contributed by atoms with Gasteiger partial charge in [0.15, 0.2) is 0 Å². The van der Waals surface area contributed by atoms with Crippen molar-refractivity contribution in [1.29, 1.82) is 0 Å². The first kappa shape index (κ1) is 42.7. The van der Waals surface area contributed by atoms with Gasteiger partial charge in [-0.25, -0.2) is 33.0 Å². The van der Waals surface area contributed by atoms with E-state index in [0.717, 1.165) is 47.2 Å². The molecule has 7 rings (SSSR count). The Kier molecular flexibility index (Phi) is 12.7. The van der Waals surface area contributed by atoms with Crippen molar-refractivity contribution in [3.8, 4) is 33.8 Å². The van der Waals surface area contributed by atoms with Gasteiger partial charge in [-0.05, 0) is 55.7 Å². The van der Waals surface area contributed by atoms with Crippen molar-refractivity contribution in [3.63, 3.8) is 0 Å². The molecule has 18 nitrogen and oxygen atoms in total. The lowest BCUT2D eigenvalue weighted by Gasteiger charge is -2.30. The van der Waals surface area contributed by atoms with E-state index in [1.54, 1.807) is 28.4 Å². The van der Waals surface area contributed by atoms with Gasteiger partial charge in [-0.1, -0.05) is 44.2 Å². The molecular weight excluding hydrogens is 805 g/mol. The van der Waals surface area contributed by atoms with Crippen molar-refractivity contribution in [2.24, 2.45) is 5.92 Å². The van der Waals surface area contributed by atoms with Gasteiger partial charge in [-0.3, -0.25) is 14.6 Å². The summed E-state index contributed by atoms with van der Waals surface area (Å²) in [5.41, 5.74) is 6.23. The second-order valence-corrected chi connectivity index (χ2v) is 18.0. The van der Waals surface area contributed by atoms with Crippen molar-refractivity contribution >= 4 is 44.9 Å². The van der Waals surface area contributed by atoms with Gasteiger partial charge in [0.2, 0.25) is 11.8 Å². The minimum atomic E-state index is -3.38. The van der Waals surface area contributed by atoms with Gasteiger partial charge in [0.1, 0.15) is 33.6 Å². The second-order valence-electron chi connectivity index (χ2n) is 15.7. The van der Waals surface area contributed by atoms with Crippen LogP contribution in [-0.4, -0.2) is 124 Å².